The van der Waals surface area contributed by atoms with Gasteiger partial charge >= 0.3 is 7.12 Å². The van der Waals surface area contributed by atoms with Gasteiger partial charge in [0.1, 0.15) is 19.4 Å². The van der Waals surface area contributed by atoms with Crippen molar-refractivity contribution in [3.63, 3.8) is 0 Å². The molecule has 1 saturated heterocycles. The summed E-state index contributed by atoms with van der Waals surface area (Å²) in [5, 5.41) is 9.92. The summed E-state index contributed by atoms with van der Waals surface area (Å²) < 4.78 is 22.2. The Morgan fingerprint density at radius 1 is 1.06 bits per heavy atom. The van der Waals surface area contributed by atoms with Crippen molar-refractivity contribution in [3.05, 3.63) is 31.0 Å². The molecule has 3 aromatic rings. The summed E-state index contributed by atoms with van der Waals surface area (Å²) in [6.45, 7) is 16.4. The minimum absolute atomic E-state index is 0.377. The van der Waals surface area contributed by atoms with Crippen LogP contribution in [0.15, 0.2) is 31.0 Å². The van der Waals surface area contributed by atoms with Crippen LogP contribution >= 0.6 is 0 Å². The molecule has 31 heavy (non-hydrogen) atoms. The van der Waals surface area contributed by atoms with Crippen molar-refractivity contribution in [2.45, 2.75) is 71.3 Å². The van der Waals surface area contributed by atoms with Crippen molar-refractivity contribution in [1.82, 2.24) is 24.5 Å². The maximum atomic E-state index is 6.31. The van der Waals surface area contributed by atoms with Crippen LogP contribution in [-0.2, 0) is 20.8 Å². The molecule has 8 nitrogen and oxygen atoms in total. The normalized spacial score (nSPS) is 18.2. The molecule has 0 unspecified atom stereocenters. The van der Waals surface area contributed by atoms with E-state index in [4.69, 9.17) is 14.0 Å². The maximum absolute atomic E-state index is 6.31. The number of nitrogens with zero attached hydrogens (tertiary/aromatic N) is 5. The number of hydrogen-bond donors (Lipinski definition) is 0. The van der Waals surface area contributed by atoms with Crippen molar-refractivity contribution in [1.29, 1.82) is 0 Å². The highest BCUT2D eigenvalue weighted by Gasteiger charge is 2.52. The highest BCUT2D eigenvalue weighted by Crippen LogP contribution is 2.37. The molecule has 0 N–H and O–H groups in total. The van der Waals surface area contributed by atoms with Gasteiger partial charge in [-0.1, -0.05) is 25.7 Å². The van der Waals surface area contributed by atoms with Gasteiger partial charge in [-0.3, -0.25) is 0 Å². The first-order valence-electron chi connectivity index (χ1n) is 10.8. The average Bonchev–Trinajstić information content (AvgIpc) is 3.37. The zero-order valence-electron chi connectivity index (χ0n) is 19.5. The zero-order valence-corrected chi connectivity index (χ0v) is 20.5. The van der Waals surface area contributed by atoms with Gasteiger partial charge in [0.2, 0.25) is 0 Å². The number of fused-ring (bicyclic) bond motifs is 1. The van der Waals surface area contributed by atoms with Gasteiger partial charge in [-0.05, 0) is 45.3 Å². The standard InChI is InChI=1S/C21H32BN5O3Si/c1-20(2)21(3,4)30-22(29-20)17-8-9-18(26-14-23-13-25-26)19-16(17)12-24-27(19)15-28-10-11-31(5,6)7/h8-9,12-14H,10-11,15H2,1-7H3. The smallest absolute Gasteiger partial charge is 0.399 e. The van der Waals surface area contributed by atoms with E-state index in [2.05, 4.69) is 62.5 Å². The van der Waals surface area contributed by atoms with E-state index in [-0.39, 0.29) is 0 Å². The minimum Gasteiger partial charge on any atom is -0.399 e. The Bertz CT molecular complexity index is 1040. The Balaban J connectivity index is 1.71. The van der Waals surface area contributed by atoms with Gasteiger partial charge in [-0.25, -0.2) is 14.3 Å². The number of ether oxygens (including phenoxy) is 1. The van der Waals surface area contributed by atoms with E-state index < -0.39 is 26.4 Å². The van der Waals surface area contributed by atoms with E-state index in [9.17, 15) is 0 Å². The van der Waals surface area contributed by atoms with Crippen molar-refractivity contribution in [3.8, 4) is 5.69 Å². The van der Waals surface area contributed by atoms with Crippen LogP contribution in [0.1, 0.15) is 27.7 Å². The molecule has 1 aliphatic rings. The average molecular weight is 441 g/mol. The molecule has 0 spiro atoms. The predicted octanol–water partition coefficient (Wildman–Crippen LogP) is 3.23. The molecule has 0 amide bonds. The van der Waals surface area contributed by atoms with Crippen molar-refractivity contribution >= 4 is 31.6 Å². The lowest BCUT2D eigenvalue weighted by molar-refractivity contribution is 0.00578. The summed E-state index contributed by atoms with van der Waals surface area (Å²) in [4.78, 5) is 4.11. The molecule has 2 aromatic heterocycles. The molecule has 10 heteroatoms. The van der Waals surface area contributed by atoms with Crippen molar-refractivity contribution < 1.29 is 14.0 Å². The minimum atomic E-state index is -1.15. The highest BCUT2D eigenvalue weighted by molar-refractivity contribution is 6.76. The molecule has 0 aliphatic carbocycles. The number of aromatic nitrogens is 5. The van der Waals surface area contributed by atoms with Crippen molar-refractivity contribution in [2.24, 2.45) is 0 Å². The second-order valence-corrected chi connectivity index (χ2v) is 16.0. The molecule has 1 fully saturated rings. The molecular formula is C21H32BN5O3Si. The van der Waals surface area contributed by atoms with Crippen LogP contribution in [0.3, 0.4) is 0 Å². The van der Waals surface area contributed by atoms with E-state index in [1.165, 1.54) is 6.33 Å². The number of benzene rings is 1. The van der Waals surface area contributed by atoms with Crippen LogP contribution in [-0.4, -0.2) is 57.5 Å². The summed E-state index contributed by atoms with van der Waals surface area (Å²) >= 11 is 0. The number of rotatable bonds is 7. The summed E-state index contributed by atoms with van der Waals surface area (Å²) in [7, 11) is -1.62. The van der Waals surface area contributed by atoms with E-state index in [0.717, 1.165) is 34.7 Å². The second kappa shape index (κ2) is 7.84. The lowest BCUT2D eigenvalue weighted by Gasteiger charge is -2.32. The third-order valence-corrected chi connectivity index (χ3v) is 7.90. The molecule has 0 saturated carbocycles. The second-order valence-electron chi connectivity index (χ2n) is 10.4. The largest absolute Gasteiger partial charge is 0.495 e. The SMILES string of the molecule is CC1(C)OB(c2ccc(-n3cncn3)c3c2cnn3COCC[Si](C)(C)C)OC1(C)C. The van der Waals surface area contributed by atoms with Crippen LogP contribution in [0.4, 0.5) is 0 Å². The molecule has 166 valence electrons. The Kier molecular flexibility index (Phi) is 5.62. The number of hydrogen-bond acceptors (Lipinski definition) is 6. The first kappa shape index (κ1) is 22.2. The van der Waals surface area contributed by atoms with Crippen LogP contribution < -0.4 is 5.46 Å². The molecule has 0 radical (unpaired) electrons. The van der Waals surface area contributed by atoms with E-state index in [1.807, 2.05) is 23.0 Å². The fourth-order valence-electron chi connectivity index (χ4n) is 3.52. The Morgan fingerprint density at radius 3 is 2.39 bits per heavy atom. The molecule has 0 atom stereocenters. The summed E-state index contributed by atoms with van der Waals surface area (Å²) in [6, 6.07) is 5.15. The topological polar surface area (TPSA) is 76.2 Å². The Morgan fingerprint density at radius 2 is 1.77 bits per heavy atom. The van der Waals surface area contributed by atoms with Gasteiger partial charge in [-0.2, -0.15) is 10.2 Å². The predicted molar refractivity (Wildman–Crippen MR) is 124 cm³/mol. The molecule has 3 heterocycles. The van der Waals surface area contributed by atoms with Gasteiger partial charge in [-0.15, -0.1) is 0 Å². The Labute approximate surface area is 185 Å². The van der Waals surface area contributed by atoms with E-state index >= 15 is 0 Å². The van der Waals surface area contributed by atoms with Crippen LogP contribution in [0, 0.1) is 0 Å². The molecule has 1 aliphatic heterocycles. The maximum Gasteiger partial charge on any atom is 0.495 e. The quantitative estimate of drug-likeness (QED) is 0.414. The monoisotopic (exact) mass is 441 g/mol. The summed E-state index contributed by atoms with van der Waals surface area (Å²) in [5.74, 6) is 0. The molecular weight excluding hydrogens is 409 g/mol. The summed E-state index contributed by atoms with van der Waals surface area (Å²) in [5.41, 5.74) is 1.94. The molecule has 4 rings (SSSR count). The summed E-state index contributed by atoms with van der Waals surface area (Å²) in [6.07, 6.45) is 5.07. The van der Waals surface area contributed by atoms with Gasteiger partial charge < -0.3 is 14.0 Å². The lowest BCUT2D eigenvalue weighted by atomic mass is 9.77. The first-order valence-corrected chi connectivity index (χ1v) is 14.5. The van der Waals surface area contributed by atoms with Gasteiger partial charge in [0.05, 0.1) is 28.6 Å². The van der Waals surface area contributed by atoms with Crippen molar-refractivity contribution in [2.75, 3.05) is 6.61 Å². The highest BCUT2D eigenvalue weighted by atomic mass is 28.3. The Hall–Kier alpha value is -2.01. The van der Waals surface area contributed by atoms with E-state index in [0.29, 0.717) is 6.73 Å². The van der Waals surface area contributed by atoms with E-state index in [1.54, 1.807) is 11.0 Å². The molecule has 0 bridgehead atoms. The first-order chi connectivity index (χ1) is 14.5. The van der Waals surface area contributed by atoms with Gasteiger partial charge in [0.15, 0.2) is 0 Å². The third-order valence-electron chi connectivity index (χ3n) is 6.20. The van der Waals surface area contributed by atoms with Gasteiger partial charge in [0, 0.05) is 20.1 Å². The van der Waals surface area contributed by atoms with Crippen LogP contribution in [0.5, 0.6) is 0 Å². The molecule has 1 aromatic carbocycles. The third kappa shape index (κ3) is 4.34. The van der Waals surface area contributed by atoms with Gasteiger partial charge in [0.25, 0.3) is 0 Å². The zero-order chi connectivity index (χ0) is 22.4. The van der Waals surface area contributed by atoms with Crippen LogP contribution in [0.25, 0.3) is 16.6 Å². The fraction of sp³-hybridized carbons (Fsp3) is 0.571. The van der Waals surface area contributed by atoms with Crippen LogP contribution in [0.2, 0.25) is 25.7 Å². The lowest BCUT2D eigenvalue weighted by Crippen LogP contribution is -2.41. The fourth-order valence-corrected chi connectivity index (χ4v) is 4.28.